The molecule has 0 unspecified atom stereocenters. The molecule has 0 bridgehead atoms. The van der Waals surface area contributed by atoms with Crippen molar-refractivity contribution in [2.45, 2.75) is 19.4 Å². The Hall–Kier alpha value is -2.38. The van der Waals surface area contributed by atoms with Gasteiger partial charge in [0, 0.05) is 32.6 Å². The van der Waals surface area contributed by atoms with Crippen molar-refractivity contribution in [2.24, 2.45) is 4.99 Å². The zero-order chi connectivity index (χ0) is 19.4. The van der Waals surface area contributed by atoms with Crippen molar-refractivity contribution in [1.82, 2.24) is 15.5 Å². The minimum Gasteiger partial charge on any atom is -0.469 e. The summed E-state index contributed by atoms with van der Waals surface area (Å²) < 4.78 is 23.8. The zero-order valence-corrected chi connectivity index (χ0v) is 16.2. The summed E-state index contributed by atoms with van der Waals surface area (Å²) in [5, 5.41) is 6.75. The van der Waals surface area contributed by atoms with Gasteiger partial charge < -0.3 is 19.8 Å². The maximum absolute atomic E-state index is 13.1. The van der Waals surface area contributed by atoms with Crippen LogP contribution in [0.1, 0.15) is 17.7 Å². The van der Waals surface area contributed by atoms with E-state index in [9.17, 15) is 4.39 Å². The van der Waals surface area contributed by atoms with Crippen molar-refractivity contribution in [3.05, 3.63) is 59.8 Å². The van der Waals surface area contributed by atoms with E-state index in [0.717, 1.165) is 76.1 Å². The Bertz CT molecular complexity index is 698. The van der Waals surface area contributed by atoms with E-state index >= 15 is 0 Å². The van der Waals surface area contributed by atoms with Crippen LogP contribution >= 0.6 is 0 Å². The van der Waals surface area contributed by atoms with Crippen molar-refractivity contribution in [3.8, 4) is 0 Å². The third-order valence-electron chi connectivity index (χ3n) is 4.62. The molecule has 7 heteroatoms. The van der Waals surface area contributed by atoms with Gasteiger partial charge in [-0.2, -0.15) is 0 Å². The number of benzene rings is 1. The Morgan fingerprint density at radius 3 is 2.61 bits per heavy atom. The van der Waals surface area contributed by atoms with Crippen LogP contribution in [0, 0.1) is 5.82 Å². The van der Waals surface area contributed by atoms with E-state index < -0.39 is 0 Å². The molecule has 152 valence electrons. The first kappa shape index (κ1) is 20.4. The minimum atomic E-state index is -0.231. The fourth-order valence-corrected chi connectivity index (χ4v) is 3.03. The van der Waals surface area contributed by atoms with Gasteiger partial charge in [0.2, 0.25) is 0 Å². The third kappa shape index (κ3) is 7.32. The molecular weight excluding hydrogens is 359 g/mol. The van der Waals surface area contributed by atoms with Crippen LogP contribution in [0.3, 0.4) is 0 Å². The van der Waals surface area contributed by atoms with E-state index in [0.29, 0.717) is 6.54 Å². The van der Waals surface area contributed by atoms with Crippen LogP contribution in [0.2, 0.25) is 0 Å². The van der Waals surface area contributed by atoms with E-state index in [-0.39, 0.29) is 5.82 Å². The van der Waals surface area contributed by atoms with E-state index in [1.54, 1.807) is 18.4 Å². The predicted molar refractivity (Wildman–Crippen MR) is 108 cm³/mol. The molecule has 28 heavy (non-hydrogen) atoms. The monoisotopic (exact) mass is 388 g/mol. The molecule has 2 aromatic rings. The second kappa shape index (κ2) is 11.5. The number of ether oxygens (including phenoxy) is 1. The van der Waals surface area contributed by atoms with Crippen LogP contribution < -0.4 is 10.6 Å². The number of guanidine groups is 1. The van der Waals surface area contributed by atoms with E-state index in [1.165, 1.54) is 12.1 Å². The molecule has 1 aliphatic rings. The average Bonchev–Trinajstić information content (AvgIpc) is 3.24. The van der Waals surface area contributed by atoms with Crippen molar-refractivity contribution in [3.63, 3.8) is 0 Å². The number of rotatable bonds is 9. The fraction of sp³-hybridized carbons (Fsp3) is 0.476. The van der Waals surface area contributed by atoms with Crippen LogP contribution in [-0.2, 0) is 17.7 Å². The Balaban J connectivity index is 1.45. The molecule has 0 atom stereocenters. The van der Waals surface area contributed by atoms with Gasteiger partial charge in [-0.25, -0.2) is 9.38 Å². The lowest BCUT2D eigenvalue weighted by atomic mass is 10.2. The van der Waals surface area contributed by atoms with Crippen LogP contribution in [0.5, 0.6) is 0 Å². The second-order valence-electron chi connectivity index (χ2n) is 6.78. The third-order valence-corrected chi connectivity index (χ3v) is 4.62. The van der Waals surface area contributed by atoms with Crippen molar-refractivity contribution < 1.29 is 13.5 Å². The van der Waals surface area contributed by atoms with Gasteiger partial charge in [0.1, 0.15) is 11.6 Å². The minimum absolute atomic E-state index is 0.231. The van der Waals surface area contributed by atoms with Gasteiger partial charge in [-0.15, -0.1) is 0 Å². The lowest BCUT2D eigenvalue weighted by Gasteiger charge is -2.26. The largest absolute Gasteiger partial charge is 0.469 e. The van der Waals surface area contributed by atoms with Gasteiger partial charge in [-0.1, -0.05) is 12.1 Å². The SMILES string of the molecule is Fc1ccc(CN=C(NCCCN2CCOCC2)NCCc2ccco2)cc1. The molecular formula is C21H29FN4O2. The van der Waals surface area contributed by atoms with Crippen molar-refractivity contribution in [1.29, 1.82) is 0 Å². The highest BCUT2D eigenvalue weighted by Gasteiger charge is 2.09. The van der Waals surface area contributed by atoms with Gasteiger partial charge in [-0.05, 0) is 42.8 Å². The smallest absolute Gasteiger partial charge is 0.191 e. The van der Waals surface area contributed by atoms with E-state index in [1.807, 2.05) is 12.1 Å². The summed E-state index contributed by atoms with van der Waals surface area (Å²) in [7, 11) is 0. The highest BCUT2D eigenvalue weighted by atomic mass is 19.1. The Labute approximate surface area is 165 Å². The number of nitrogens with zero attached hydrogens (tertiary/aromatic N) is 2. The van der Waals surface area contributed by atoms with Crippen LogP contribution in [0.15, 0.2) is 52.1 Å². The summed E-state index contributed by atoms with van der Waals surface area (Å²) in [6.07, 6.45) is 3.51. The molecule has 0 radical (unpaired) electrons. The van der Waals surface area contributed by atoms with Gasteiger partial charge in [0.05, 0.1) is 26.0 Å². The maximum atomic E-state index is 13.1. The van der Waals surface area contributed by atoms with Crippen LogP contribution in [-0.4, -0.2) is 56.8 Å². The molecule has 2 N–H and O–H groups in total. The van der Waals surface area contributed by atoms with Gasteiger partial charge in [0.15, 0.2) is 5.96 Å². The number of morpholine rings is 1. The number of furan rings is 1. The van der Waals surface area contributed by atoms with Gasteiger partial charge in [0.25, 0.3) is 0 Å². The first-order chi connectivity index (χ1) is 13.8. The molecule has 1 saturated heterocycles. The summed E-state index contributed by atoms with van der Waals surface area (Å²) in [6.45, 7) is 6.78. The highest BCUT2D eigenvalue weighted by molar-refractivity contribution is 5.79. The summed E-state index contributed by atoms with van der Waals surface area (Å²) in [6, 6.07) is 10.3. The summed E-state index contributed by atoms with van der Waals surface area (Å²) in [5.74, 6) is 1.47. The lowest BCUT2D eigenvalue weighted by Crippen LogP contribution is -2.41. The molecule has 3 rings (SSSR count). The molecule has 2 heterocycles. The summed E-state index contributed by atoms with van der Waals surface area (Å²) >= 11 is 0. The van der Waals surface area contributed by atoms with Gasteiger partial charge >= 0.3 is 0 Å². The zero-order valence-electron chi connectivity index (χ0n) is 16.2. The second-order valence-corrected chi connectivity index (χ2v) is 6.78. The number of hydrogen-bond donors (Lipinski definition) is 2. The molecule has 1 aliphatic heterocycles. The number of hydrogen-bond acceptors (Lipinski definition) is 4. The molecule has 1 aromatic carbocycles. The van der Waals surface area contributed by atoms with Crippen LogP contribution in [0.25, 0.3) is 0 Å². The number of nitrogens with one attached hydrogen (secondary N) is 2. The molecule has 0 spiro atoms. The van der Waals surface area contributed by atoms with Crippen molar-refractivity contribution >= 4 is 5.96 Å². The van der Waals surface area contributed by atoms with Gasteiger partial charge in [-0.3, -0.25) is 4.90 Å². The molecule has 0 aliphatic carbocycles. The molecule has 0 saturated carbocycles. The van der Waals surface area contributed by atoms with Crippen LogP contribution in [0.4, 0.5) is 4.39 Å². The summed E-state index contributed by atoms with van der Waals surface area (Å²) in [4.78, 5) is 7.06. The highest BCUT2D eigenvalue weighted by Crippen LogP contribution is 2.04. The lowest BCUT2D eigenvalue weighted by molar-refractivity contribution is 0.0376. The Kier molecular flexibility index (Phi) is 8.33. The maximum Gasteiger partial charge on any atom is 0.191 e. The molecule has 6 nitrogen and oxygen atoms in total. The topological polar surface area (TPSA) is 62.0 Å². The fourth-order valence-electron chi connectivity index (χ4n) is 3.03. The molecule has 1 aromatic heterocycles. The normalized spacial score (nSPS) is 15.5. The molecule has 1 fully saturated rings. The number of halogens is 1. The Morgan fingerprint density at radius 1 is 1.07 bits per heavy atom. The van der Waals surface area contributed by atoms with Crippen molar-refractivity contribution in [2.75, 3.05) is 45.9 Å². The van der Waals surface area contributed by atoms with E-state index in [2.05, 4.69) is 20.5 Å². The quantitative estimate of drug-likeness (QED) is 0.392. The first-order valence-electron chi connectivity index (χ1n) is 9.89. The standard InChI is InChI=1S/C21H29FN4O2/c22-19-6-4-18(5-7-19)17-25-21(24-10-8-20-3-1-14-28-20)23-9-2-11-26-12-15-27-16-13-26/h1,3-7,14H,2,8-13,15-17H2,(H2,23,24,25). The average molecular weight is 388 g/mol. The number of aliphatic imine (C=N–C) groups is 1. The summed E-state index contributed by atoms with van der Waals surface area (Å²) in [5.41, 5.74) is 0.974. The van der Waals surface area contributed by atoms with E-state index in [4.69, 9.17) is 9.15 Å². The Morgan fingerprint density at radius 2 is 1.86 bits per heavy atom. The first-order valence-corrected chi connectivity index (χ1v) is 9.89. The molecule has 0 amide bonds. The predicted octanol–water partition coefficient (Wildman–Crippen LogP) is 2.42.